The van der Waals surface area contributed by atoms with Crippen LogP contribution in [-0.2, 0) is 6.54 Å². The fourth-order valence-corrected chi connectivity index (χ4v) is 4.44. The zero-order valence-corrected chi connectivity index (χ0v) is 14.3. The van der Waals surface area contributed by atoms with Gasteiger partial charge in [-0.2, -0.15) is 5.10 Å². The zero-order valence-electron chi connectivity index (χ0n) is 14.3. The van der Waals surface area contributed by atoms with E-state index >= 15 is 0 Å². The third kappa shape index (κ3) is 2.80. The largest absolute Gasteiger partial charge is 0.348 e. The molecule has 1 heterocycles. The number of hydrogen-bond donors (Lipinski definition) is 1. The van der Waals surface area contributed by atoms with Crippen LogP contribution in [0.15, 0.2) is 6.07 Å². The van der Waals surface area contributed by atoms with Crippen molar-refractivity contribution in [3.8, 4) is 0 Å². The lowest BCUT2D eigenvalue weighted by Gasteiger charge is -2.28. The maximum Gasteiger partial charge on any atom is 0.269 e. The Morgan fingerprint density at radius 1 is 1.36 bits per heavy atom. The number of carbonyl (C=O) groups excluding carboxylic acids is 1. The van der Waals surface area contributed by atoms with E-state index in [-0.39, 0.29) is 11.9 Å². The Morgan fingerprint density at radius 2 is 2.14 bits per heavy atom. The number of carbonyl (C=O) groups is 1. The summed E-state index contributed by atoms with van der Waals surface area (Å²) in [5.74, 6) is 2.81. The van der Waals surface area contributed by atoms with Crippen LogP contribution < -0.4 is 5.32 Å². The highest BCUT2D eigenvalue weighted by molar-refractivity contribution is 5.92. The summed E-state index contributed by atoms with van der Waals surface area (Å²) in [4.78, 5) is 12.7. The molecular weight excluding hydrogens is 274 g/mol. The van der Waals surface area contributed by atoms with Crippen molar-refractivity contribution in [2.24, 2.45) is 17.8 Å². The SMILES string of the molecule is CCn1nc(C(C)C)cc1C(=O)N[C@@H](C)[C@H]1C[C@H]2CC[C@H]1C2. The van der Waals surface area contributed by atoms with Crippen molar-refractivity contribution in [3.05, 3.63) is 17.5 Å². The molecule has 1 N–H and O–H groups in total. The smallest absolute Gasteiger partial charge is 0.269 e. The van der Waals surface area contributed by atoms with E-state index < -0.39 is 0 Å². The van der Waals surface area contributed by atoms with Gasteiger partial charge in [-0.25, -0.2) is 0 Å². The lowest BCUT2D eigenvalue weighted by molar-refractivity contribution is 0.0904. The molecule has 1 aromatic rings. The van der Waals surface area contributed by atoms with Crippen molar-refractivity contribution in [3.63, 3.8) is 0 Å². The summed E-state index contributed by atoms with van der Waals surface area (Å²) in [5.41, 5.74) is 1.71. The summed E-state index contributed by atoms with van der Waals surface area (Å²) in [6.45, 7) is 9.17. The van der Waals surface area contributed by atoms with Gasteiger partial charge in [-0.1, -0.05) is 20.3 Å². The van der Waals surface area contributed by atoms with Crippen LogP contribution in [0.5, 0.6) is 0 Å². The maximum atomic E-state index is 12.7. The summed E-state index contributed by atoms with van der Waals surface area (Å²) in [7, 11) is 0. The topological polar surface area (TPSA) is 46.9 Å². The van der Waals surface area contributed by atoms with E-state index in [9.17, 15) is 4.79 Å². The summed E-state index contributed by atoms with van der Waals surface area (Å²) in [5, 5.41) is 7.80. The van der Waals surface area contributed by atoms with Crippen molar-refractivity contribution in [2.75, 3.05) is 0 Å². The van der Waals surface area contributed by atoms with Gasteiger partial charge in [0.1, 0.15) is 5.69 Å². The average Bonchev–Trinajstić information content (AvgIpc) is 3.20. The monoisotopic (exact) mass is 303 g/mol. The van der Waals surface area contributed by atoms with Crippen LogP contribution in [0.3, 0.4) is 0 Å². The molecule has 0 aromatic carbocycles. The normalized spacial score (nSPS) is 28.3. The van der Waals surface area contributed by atoms with Gasteiger partial charge in [-0.3, -0.25) is 9.48 Å². The first kappa shape index (κ1) is 15.6. The molecule has 0 spiro atoms. The molecule has 2 bridgehead atoms. The number of nitrogens with zero attached hydrogens (tertiary/aromatic N) is 2. The predicted octanol–water partition coefficient (Wildman–Crippen LogP) is 3.58. The molecule has 0 unspecified atom stereocenters. The molecule has 4 heteroatoms. The minimum absolute atomic E-state index is 0.0384. The number of fused-ring (bicyclic) bond motifs is 2. The Bertz CT molecular complexity index is 549. The average molecular weight is 303 g/mol. The predicted molar refractivity (Wildman–Crippen MR) is 87.9 cm³/mol. The van der Waals surface area contributed by atoms with Crippen LogP contribution in [0, 0.1) is 17.8 Å². The summed E-state index contributed by atoms with van der Waals surface area (Å²) in [6, 6.07) is 2.22. The van der Waals surface area contributed by atoms with E-state index in [1.807, 2.05) is 17.7 Å². The van der Waals surface area contributed by atoms with Crippen LogP contribution in [0.25, 0.3) is 0 Å². The van der Waals surface area contributed by atoms with Crippen LogP contribution in [-0.4, -0.2) is 21.7 Å². The Hall–Kier alpha value is -1.32. The molecule has 4 atom stereocenters. The standard InChI is InChI=1S/C18H29N3O/c1-5-21-17(10-16(20-21)11(2)3)18(22)19-12(4)15-9-13-6-7-14(15)8-13/h10-15H,5-9H2,1-4H3,(H,19,22)/t12-,13-,14-,15+/m0/s1. The van der Waals surface area contributed by atoms with Gasteiger partial charge in [0, 0.05) is 12.6 Å². The van der Waals surface area contributed by atoms with Gasteiger partial charge in [0.2, 0.25) is 0 Å². The fourth-order valence-electron chi connectivity index (χ4n) is 4.44. The molecule has 0 radical (unpaired) electrons. The lowest BCUT2D eigenvalue weighted by Crippen LogP contribution is -2.40. The Morgan fingerprint density at radius 3 is 2.68 bits per heavy atom. The van der Waals surface area contributed by atoms with Crippen LogP contribution in [0.1, 0.15) is 75.5 Å². The number of rotatable bonds is 5. The van der Waals surface area contributed by atoms with E-state index in [1.54, 1.807) is 0 Å². The second-order valence-electron chi connectivity index (χ2n) is 7.53. The first-order chi connectivity index (χ1) is 10.5. The van der Waals surface area contributed by atoms with Crippen molar-refractivity contribution in [1.82, 2.24) is 15.1 Å². The van der Waals surface area contributed by atoms with E-state index in [0.29, 0.717) is 17.5 Å². The summed E-state index contributed by atoms with van der Waals surface area (Å²) >= 11 is 0. The van der Waals surface area contributed by atoms with Crippen molar-refractivity contribution >= 4 is 5.91 Å². The first-order valence-electron chi connectivity index (χ1n) is 8.88. The van der Waals surface area contributed by atoms with Crippen LogP contribution >= 0.6 is 0 Å². The highest BCUT2D eigenvalue weighted by Gasteiger charge is 2.42. The van der Waals surface area contributed by atoms with Gasteiger partial charge >= 0.3 is 0 Å². The molecule has 1 amide bonds. The third-order valence-corrected chi connectivity index (χ3v) is 5.72. The van der Waals surface area contributed by atoms with E-state index in [4.69, 9.17) is 0 Å². The first-order valence-corrected chi connectivity index (χ1v) is 8.88. The molecule has 0 aliphatic heterocycles. The minimum Gasteiger partial charge on any atom is -0.348 e. The second-order valence-corrected chi connectivity index (χ2v) is 7.53. The number of nitrogens with one attached hydrogen (secondary N) is 1. The number of aryl methyl sites for hydroxylation is 1. The van der Waals surface area contributed by atoms with Crippen LogP contribution in [0.4, 0.5) is 0 Å². The van der Waals surface area contributed by atoms with E-state index in [0.717, 1.165) is 24.1 Å². The van der Waals surface area contributed by atoms with Gasteiger partial charge in [0.25, 0.3) is 5.91 Å². The van der Waals surface area contributed by atoms with Gasteiger partial charge in [-0.05, 0) is 62.8 Å². The second kappa shape index (κ2) is 6.05. The van der Waals surface area contributed by atoms with Gasteiger partial charge in [-0.15, -0.1) is 0 Å². The third-order valence-electron chi connectivity index (χ3n) is 5.72. The molecular formula is C18H29N3O. The lowest BCUT2D eigenvalue weighted by atomic mass is 9.84. The molecule has 22 heavy (non-hydrogen) atoms. The Balaban J connectivity index is 1.69. The Kier molecular flexibility index (Phi) is 4.28. The van der Waals surface area contributed by atoms with Crippen molar-refractivity contribution < 1.29 is 4.79 Å². The molecule has 3 rings (SSSR count). The molecule has 2 aliphatic carbocycles. The van der Waals surface area contributed by atoms with Gasteiger partial charge in [0.15, 0.2) is 0 Å². The van der Waals surface area contributed by atoms with E-state index in [1.165, 1.54) is 25.7 Å². The quantitative estimate of drug-likeness (QED) is 0.903. The molecule has 0 saturated heterocycles. The summed E-state index contributed by atoms with van der Waals surface area (Å²) in [6.07, 6.45) is 5.45. The highest BCUT2D eigenvalue weighted by Crippen LogP contribution is 2.49. The maximum absolute atomic E-state index is 12.7. The zero-order chi connectivity index (χ0) is 15.9. The van der Waals surface area contributed by atoms with Gasteiger partial charge < -0.3 is 5.32 Å². The molecule has 4 nitrogen and oxygen atoms in total. The number of hydrogen-bond acceptors (Lipinski definition) is 2. The fraction of sp³-hybridized carbons (Fsp3) is 0.778. The molecule has 2 fully saturated rings. The number of aromatic nitrogens is 2. The molecule has 122 valence electrons. The summed E-state index contributed by atoms with van der Waals surface area (Å²) < 4.78 is 1.83. The minimum atomic E-state index is 0.0384. The van der Waals surface area contributed by atoms with E-state index in [2.05, 4.69) is 31.2 Å². The Labute approximate surface area is 133 Å². The van der Waals surface area contributed by atoms with Crippen LogP contribution in [0.2, 0.25) is 0 Å². The van der Waals surface area contributed by atoms with Crippen molar-refractivity contribution in [1.29, 1.82) is 0 Å². The number of amides is 1. The molecule has 2 aliphatic rings. The molecule has 1 aromatic heterocycles. The highest BCUT2D eigenvalue weighted by atomic mass is 16.2. The van der Waals surface area contributed by atoms with Crippen molar-refractivity contribution in [2.45, 2.75) is 71.9 Å². The molecule has 2 saturated carbocycles. The van der Waals surface area contributed by atoms with Gasteiger partial charge in [0.05, 0.1) is 5.69 Å².